The number of carbonyl (C=O) groups excluding carboxylic acids is 2. The minimum Gasteiger partial charge on any atom is -0.377 e. The van der Waals surface area contributed by atoms with E-state index in [1.165, 1.54) is 6.92 Å². The van der Waals surface area contributed by atoms with Crippen molar-refractivity contribution in [2.75, 3.05) is 24.3 Å². The number of hydrogen-bond donors (Lipinski definition) is 2. The summed E-state index contributed by atoms with van der Waals surface area (Å²) in [7, 11) is 3.92. The lowest BCUT2D eigenvalue weighted by Gasteiger charge is -2.14. The van der Waals surface area contributed by atoms with Crippen LogP contribution in [0.1, 0.15) is 22.8 Å². The van der Waals surface area contributed by atoms with Crippen LogP contribution < -0.4 is 15.6 Å². The zero-order valence-electron chi connectivity index (χ0n) is 14.2. The van der Waals surface area contributed by atoms with Gasteiger partial charge in [0.15, 0.2) is 0 Å². The van der Waals surface area contributed by atoms with Crippen LogP contribution in [0.5, 0.6) is 0 Å². The summed E-state index contributed by atoms with van der Waals surface area (Å²) in [5.74, 6) is -0.547. The Labute approximate surface area is 155 Å². The molecule has 0 bridgehead atoms. The van der Waals surface area contributed by atoms with Crippen LogP contribution in [-0.4, -0.2) is 32.1 Å². The van der Waals surface area contributed by atoms with Crippen LogP contribution in [-0.2, 0) is 4.79 Å². The van der Waals surface area contributed by atoms with Crippen LogP contribution in [0.3, 0.4) is 0 Å². The molecule has 0 aromatic heterocycles. The molecule has 0 spiro atoms. The Bertz CT molecular complexity index is 818. The van der Waals surface area contributed by atoms with Crippen molar-refractivity contribution in [1.29, 1.82) is 0 Å². The van der Waals surface area contributed by atoms with Crippen molar-refractivity contribution in [2.24, 2.45) is 5.10 Å². The topological polar surface area (TPSA) is 73.8 Å². The quantitative estimate of drug-likeness (QED) is 0.595. The Balaban J connectivity index is 2.03. The molecule has 0 saturated carbocycles. The molecule has 2 aromatic rings. The molecule has 0 unspecified atom stereocenters. The van der Waals surface area contributed by atoms with Gasteiger partial charge in [-0.3, -0.25) is 9.59 Å². The second kappa shape index (κ2) is 8.43. The number of hydrogen-bond acceptors (Lipinski definition) is 4. The fourth-order valence-corrected chi connectivity index (χ4v) is 2.89. The van der Waals surface area contributed by atoms with Gasteiger partial charge in [0.2, 0.25) is 5.91 Å². The van der Waals surface area contributed by atoms with E-state index in [9.17, 15) is 9.59 Å². The third-order valence-corrected chi connectivity index (χ3v) is 3.91. The summed E-state index contributed by atoms with van der Waals surface area (Å²) in [6, 6.07) is 12.4. The van der Waals surface area contributed by atoms with E-state index in [0.29, 0.717) is 11.3 Å². The Kier molecular flexibility index (Phi) is 6.30. The smallest absolute Gasteiger partial charge is 0.271 e. The number of halogens is 1. The van der Waals surface area contributed by atoms with Crippen molar-refractivity contribution in [2.45, 2.75) is 6.92 Å². The molecule has 0 aliphatic heterocycles. The van der Waals surface area contributed by atoms with E-state index in [1.54, 1.807) is 30.5 Å². The van der Waals surface area contributed by atoms with Crippen molar-refractivity contribution in [3.63, 3.8) is 0 Å². The van der Waals surface area contributed by atoms with Crippen molar-refractivity contribution in [3.05, 3.63) is 58.1 Å². The molecule has 0 fully saturated rings. The van der Waals surface area contributed by atoms with Gasteiger partial charge in [0.25, 0.3) is 5.91 Å². The lowest BCUT2D eigenvalue weighted by atomic mass is 10.2. The predicted octanol–water partition coefficient (Wildman–Crippen LogP) is 3.24. The molecule has 0 aliphatic rings. The lowest BCUT2D eigenvalue weighted by Crippen LogP contribution is -2.18. The number of rotatable bonds is 5. The van der Waals surface area contributed by atoms with Crippen LogP contribution in [0.4, 0.5) is 11.4 Å². The first-order chi connectivity index (χ1) is 11.9. The molecule has 0 saturated heterocycles. The van der Waals surface area contributed by atoms with Gasteiger partial charge in [-0.05, 0) is 51.8 Å². The summed E-state index contributed by atoms with van der Waals surface area (Å²) < 4.78 is 0.941. The normalized spacial score (nSPS) is 10.6. The first-order valence-electron chi connectivity index (χ1n) is 7.55. The minimum atomic E-state index is -0.354. The average molecular weight is 403 g/mol. The van der Waals surface area contributed by atoms with Crippen molar-refractivity contribution in [1.82, 2.24) is 5.43 Å². The van der Waals surface area contributed by atoms with Gasteiger partial charge in [-0.2, -0.15) is 5.10 Å². The van der Waals surface area contributed by atoms with E-state index in [2.05, 4.69) is 31.8 Å². The number of anilines is 2. The highest BCUT2D eigenvalue weighted by atomic mass is 79.9. The summed E-state index contributed by atoms with van der Waals surface area (Å²) in [5.41, 5.74) is 5.35. The van der Waals surface area contributed by atoms with Gasteiger partial charge in [-0.25, -0.2) is 5.43 Å². The van der Waals surface area contributed by atoms with Crippen LogP contribution >= 0.6 is 15.9 Å². The van der Waals surface area contributed by atoms with E-state index in [0.717, 1.165) is 15.7 Å². The van der Waals surface area contributed by atoms with Crippen LogP contribution in [0.2, 0.25) is 0 Å². The average Bonchev–Trinajstić information content (AvgIpc) is 2.54. The van der Waals surface area contributed by atoms with Gasteiger partial charge in [0.1, 0.15) is 0 Å². The number of benzene rings is 2. The number of amides is 2. The summed E-state index contributed by atoms with van der Waals surface area (Å²) in [6.45, 7) is 1.41. The summed E-state index contributed by atoms with van der Waals surface area (Å²) in [6.07, 6.45) is 1.57. The van der Waals surface area contributed by atoms with E-state index in [1.807, 2.05) is 37.2 Å². The Morgan fingerprint density at radius 3 is 2.56 bits per heavy atom. The van der Waals surface area contributed by atoms with Gasteiger partial charge in [0.05, 0.1) is 11.9 Å². The number of carbonyl (C=O) groups is 2. The molecule has 0 radical (unpaired) electrons. The summed E-state index contributed by atoms with van der Waals surface area (Å²) in [5, 5.41) is 6.61. The first kappa shape index (κ1) is 18.7. The van der Waals surface area contributed by atoms with Gasteiger partial charge in [-0.15, -0.1) is 0 Å². The molecule has 2 amide bonds. The Morgan fingerprint density at radius 1 is 1.16 bits per heavy atom. The van der Waals surface area contributed by atoms with Gasteiger partial charge < -0.3 is 10.2 Å². The zero-order valence-corrected chi connectivity index (χ0v) is 15.8. The van der Waals surface area contributed by atoms with E-state index in [4.69, 9.17) is 0 Å². The largest absolute Gasteiger partial charge is 0.377 e. The third-order valence-electron chi connectivity index (χ3n) is 3.28. The van der Waals surface area contributed by atoms with Crippen molar-refractivity contribution < 1.29 is 9.59 Å². The Morgan fingerprint density at radius 2 is 1.92 bits per heavy atom. The molecule has 2 rings (SSSR count). The second-order valence-corrected chi connectivity index (χ2v) is 6.42. The minimum absolute atomic E-state index is 0.192. The molecule has 0 atom stereocenters. The van der Waals surface area contributed by atoms with Crippen LogP contribution in [0.25, 0.3) is 0 Å². The lowest BCUT2D eigenvalue weighted by molar-refractivity contribution is -0.114. The molecular formula is C18H19BrN4O2. The summed E-state index contributed by atoms with van der Waals surface area (Å²) >= 11 is 3.51. The number of nitrogens with one attached hydrogen (secondary N) is 2. The SMILES string of the molecule is CC(=O)Nc1cccc(C(=O)N/N=C\c2ccc(N(C)C)c(Br)c2)c1. The molecule has 130 valence electrons. The summed E-state index contributed by atoms with van der Waals surface area (Å²) in [4.78, 5) is 25.2. The molecule has 2 aromatic carbocycles. The first-order valence-corrected chi connectivity index (χ1v) is 8.34. The fraction of sp³-hybridized carbons (Fsp3) is 0.167. The maximum atomic E-state index is 12.1. The monoisotopic (exact) mass is 402 g/mol. The van der Waals surface area contributed by atoms with Gasteiger partial charge >= 0.3 is 0 Å². The van der Waals surface area contributed by atoms with Crippen molar-refractivity contribution >= 4 is 45.3 Å². The van der Waals surface area contributed by atoms with Crippen LogP contribution in [0, 0.1) is 0 Å². The molecule has 0 aliphatic carbocycles. The van der Waals surface area contributed by atoms with E-state index in [-0.39, 0.29) is 11.8 Å². The van der Waals surface area contributed by atoms with Gasteiger partial charge in [0, 0.05) is 36.7 Å². The number of hydrazone groups is 1. The predicted molar refractivity (Wildman–Crippen MR) is 104 cm³/mol. The van der Waals surface area contributed by atoms with E-state index < -0.39 is 0 Å². The van der Waals surface area contributed by atoms with Crippen LogP contribution in [0.15, 0.2) is 52.0 Å². The van der Waals surface area contributed by atoms with E-state index >= 15 is 0 Å². The highest BCUT2D eigenvalue weighted by Crippen LogP contribution is 2.25. The Hall–Kier alpha value is -2.67. The fourth-order valence-electron chi connectivity index (χ4n) is 2.14. The zero-order chi connectivity index (χ0) is 18.4. The highest BCUT2D eigenvalue weighted by molar-refractivity contribution is 9.10. The standard InChI is InChI=1S/C18H19BrN4O2/c1-12(24)21-15-6-4-5-14(10-15)18(25)22-20-11-13-7-8-17(23(2)3)16(19)9-13/h4-11H,1-3H3,(H,21,24)(H,22,25)/b20-11-. The molecule has 6 nitrogen and oxygen atoms in total. The molecule has 25 heavy (non-hydrogen) atoms. The molecule has 0 heterocycles. The van der Waals surface area contributed by atoms with Gasteiger partial charge in [-0.1, -0.05) is 12.1 Å². The molecule has 2 N–H and O–H groups in total. The molecular weight excluding hydrogens is 384 g/mol. The number of nitrogens with zero attached hydrogens (tertiary/aromatic N) is 2. The van der Waals surface area contributed by atoms with Crippen molar-refractivity contribution in [3.8, 4) is 0 Å². The molecule has 7 heteroatoms. The highest BCUT2D eigenvalue weighted by Gasteiger charge is 2.06. The third kappa shape index (κ3) is 5.42. The second-order valence-electron chi connectivity index (χ2n) is 5.57. The maximum absolute atomic E-state index is 12.1. The maximum Gasteiger partial charge on any atom is 0.271 e.